The average Bonchev–Trinajstić information content (AvgIpc) is 2.28. The van der Waals surface area contributed by atoms with E-state index >= 15 is 0 Å². The van der Waals surface area contributed by atoms with Crippen molar-refractivity contribution in [3.05, 3.63) is 34.7 Å². The Hall–Kier alpha value is -1.02. The van der Waals surface area contributed by atoms with Gasteiger partial charge in [-0.25, -0.2) is 0 Å². The number of rotatable bonds is 0. The van der Waals surface area contributed by atoms with Crippen LogP contribution < -0.4 is 5.32 Å². The first-order valence-electron chi connectivity index (χ1n) is 3.14. The molecule has 1 N–H and O–H groups in total. The van der Waals surface area contributed by atoms with Crippen molar-refractivity contribution in [1.29, 1.82) is 0 Å². The predicted molar refractivity (Wildman–Crippen MR) is 46.1 cm³/mol. The number of thiophene rings is 1. The van der Waals surface area contributed by atoms with Gasteiger partial charge in [-0.1, -0.05) is 6.08 Å². The van der Waals surface area contributed by atoms with Gasteiger partial charge >= 0.3 is 0 Å². The minimum absolute atomic E-state index is 1.20. The highest BCUT2D eigenvalue weighted by atomic mass is 32.1. The van der Waals surface area contributed by atoms with E-state index in [1.165, 1.54) is 10.6 Å². The van der Waals surface area contributed by atoms with Crippen LogP contribution in [0.1, 0.15) is 4.88 Å². The third-order valence-electron chi connectivity index (χ3n) is 1.39. The number of hydrogen-bond donors (Lipinski definition) is 1. The molecule has 0 aliphatic carbocycles. The molecule has 1 aromatic rings. The Labute approximate surface area is 63.7 Å². The minimum atomic E-state index is 1.20. The van der Waals surface area contributed by atoms with Gasteiger partial charge in [0.05, 0.1) is 10.6 Å². The van der Waals surface area contributed by atoms with Gasteiger partial charge in [0.2, 0.25) is 0 Å². The fourth-order valence-corrected chi connectivity index (χ4v) is 1.67. The van der Waals surface area contributed by atoms with E-state index in [9.17, 15) is 0 Å². The summed E-state index contributed by atoms with van der Waals surface area (Å²) in [7, 11) is 0. The van der Waals surface area contributed by atoms with E-state index in [0.29, 0.717) is 0 Å². The Bertz CT molecular complexity index is 283. The quantitative estimate of drug-likeness (QED) is 0.598. The van der Waals surface area contributed by atoms with Gasteiger partial charge < -0.3 is 5.32 Å². The summed E-state index contributed by atoms with van der Waals surface area (Å²) in [6.45, 7) is 0. The zero-order valence-electron chi connectivity index (χ0n) is 5.37. The van der Waals surface area contributed by atoms with Gasteiger partial charge in [0.1, 0.15) is 0 Å². The zero-order chi connectivity index (χ0) is 6.81. The van der Waals surface area contributed by atoms with Gasteiger partial charge in [0.15, 0.2) is 0 Å². The van der Waals surface area contributed by atoms with Crippen molar-refractivity contribution in [2.45, 2.75) is 0 Å². The van der Waals surface area contributed by atoms with E-state index in [1.807, 2.05) is 18.4 Å². The van der Waals surface area contributed by atoms with Crippen molar-refractivity contribution < 1.29 is 0 Å². The summed E-state index contributed by atoms with van der Waals surface area (Å²) >= 11 is 1.75. The van der Waals surface area contributed by atoms with Crippen LogP contribution in [0.2, 0.25) is 0 Å². The standard InChI is InChI=1S/C8H7NS/c1-2-5-9-7-4-6-10-8(7)3-1/h1-6,9H. The molecule has 0 bridgehead atoms. The molecule has 1 aliphatic heterocycles. The highest BCUT2D eigenvalue weighted by Gasteiger charge is 1.98. The average molecular weight is 149 g/mol. The van der Waals surface area contributed by atoms with Crippen LogP contribution in [0.15, 0.2) is 29.8 Å². The molecule has 2 heterocycles. The Kier molecular flexibility index (Phi) is 1.32. The molecule has 1 aliphatic rings. The van der Waals surface area contributed by atoms with Crippen molar-refractivity contribution in [2.75, 3.05) is 5.32 Å². The van der Waals surface area contributed by atoms with Crippen molar-refractivity contribution >= 4 is 23.1 Å². The first-order valence-corrected chi connectivity index (χ1v) is 4.02. The molecule has 0 spiro atoms. The maximum Gasteiger partial charge on any atom is 0.0562 e. The van der Waals surface area contributed by atoms with Crippen LogP contribution in [0.3, 0.4) is 0 Å². The van der Waals surface area contributed by atoms with Crippen LogP contribution in [-0.4, -0.2) is 0 Å². The molecule has 10 heavy (non-hydrogen) atoms. The van der Waals surface area contributed by atoms with E-state index < -0.39 is 0 Å². The molecule has 2 heteroatoms. The molecule has 0 fully saturated rings. The summed E-state index contributed by atoms with van der Waals surface area (Å²) in [5.74, 6) is 0. The molecular weight excluding hydrogens is 142 g/mol. The van der Waals surface area contributed by atoms with Gasteiger partial charge in [-0.3, -0.25) is 0 Å². The highest BCUT2D eigenvalue weighted by molar-refractivity contribution is 7.11. The lowest BCUT2D eigenvalue weighted by Crippen LogP contribution is -1.82. The van der Waals surface area contributed by atoms with Crippen LogP contribution in [0.5, 0.6) is 0 Å². The monoisotopic (exact) mass is 149 g/mol. The second-order valence-electron chi connectivity index (χ2n) is 2.06. The van der Waals surface area contributed by atoms with Crippen molar-refractivity contribution in [3.8, 4) is 0 Å². The lowest BCUT2D eigenvalue weighted by atomic mass is 10.4. The molecule has 0 atom stereocenters. The molecule has 0 unspecified atom stereocenters. The van der Waals surface area contributed by atoms with Crippen molar-refractivity contribution in [2.24, 2.45) is 0 Å². The minimum Gasteiger partial charge on any atom is -0.361 e. The largest absolute Gasteiger partial charge is 0.361 e. The molecule has 0 saturated heterocycles. The molecule has 0 aromatic carbocycles. The van der Waals surface area contributed by atoms with Crippen LogP contribution >= 0.6 is 11.3 Å². The first-order chi connectivity index (χ1) is 4.97. The third kappa shape index (κ3) is 0.866. The number of hydrogen-bond acceptors (Lipinski definition) is 2. The maximum absolute atomic E-state index is 3.17. The van der Waals surface area contributed by atoms with Gasteiger partial charge in [-0.05, 0) is 23.6 Å². The van der Waals surface area contributed by atoms with E-state index in [2.05, 4.69) is 22.8 Å². The second kappa shape index (κ2) is 2.31. The summed E-state index contributed by atoms with van der Waals surface area (Å²) < 4.78 is 0. The van der Waals surface area contributed by atoms with Crippen LogP contribution in [0, 0.1) is 0 Å². The number of allylic oxidation sites excluding steroid dienone is 2. The molecule has 1 aromatic heterocycles. The van der Waals surface area contributed by atoms with Crippen LogP contribution in [0.25, 0.3) is 6.08 Å². The molecule has 0 amide bonds. The topological polar surface area (TPSA) is 12.0 Å². The van der Waals surface area contributed by atoms with Crippen molar-refractivity contribution in [1.82, 2.24) is 0 Å². The van der Waals surface area contributed by atoms with E-state index in [-0.39, 0.29) is 0 Å². The number of fused-ring (bicyclic) bond motifs is 1. The van der Waals surface area contributed by atoms with E-state index in [4.69, 9.17) is 0 Å². The summed E-state index contributed by atoms with van der Waals surface area (Å²) in [6, 6.07) is 2.08. The fraction of sp³-hybridized carbons (Fsp3) is 0. The molecule has 1 nitrogen and oxygen atoms in total. The predicted octanol–water partition coefficient (Wildman–Crippen LogP) is 2.70. The first kappa shape index (κ1) is 5.74. The zero-order valence-corrected chi connectivity index (χ0v) is 6.19. The summed E-state index contributed by atoms with van der Waals surface area (Å²) in [5.41, 5.74) is 1.20. The summed E-state index contributed by atoms with van der Waals surface area (Å²) in [4.78, 5) is 1.30. The summed E-state index contributed by atoms with van der Waals surface area (Å²) in [5, 5.41) is 5.26. The maximum atomic E-state index is 3.17. The molecular formula is C8H7NS. The smallest absolute Gasteiger partial charge is 0.0562 e. The molecule has 0 radical (unpaired) electrons. The normalized spacial score (nSPS) is 14.0. The Morgan fingerprint density at radius 3 is 3.30 bits per heavy atom. The van der Waals surface area contributed by atoms with E-state index in [0.717, 1.165) is 0 Å². The molecule has 0 saturated carbocycles. The van der Waals surface area contributed by atoms with Crippen LogP contribution in [-0.2, 0) is 0 Å². The van der Waals surface area contributed by atoms with E-state index in [1.54, 1.807) is 11.3 Å². The Balaban J connectivity index is 2.50. The van der Waals surface area contributed by atoms with Gasteiger partial charge in [-0.2, -0.15) is 0 Å². The number of nitrogens with one attached hydrogen (secondary N) is 1. The van der Waals surface area contributed by atoms with Crippen molar-refractivity contribution in [3.63, 3.8) is 0 Å². The van der Waals surface area contributed by atoms with Gasteiger partial charge in [0, 0.05) is 6.20 Å². The fourth-order valence-electron chi connectivity index (χ4n) is 0.906. The van der Waals surface area contributed by atoms with Gasteiger partial charge in [0.25, 0.3) is 0 Å². The lowest BCUT2D eigenvalue weighted by Gasteiger charge is -1.94. The molecule has 50 valence electrons. The van der Waals surface area contributed by atoms with Crippen LogP contribution in [0.4, 0.5) is 5.69 Å². The lowest BCUT2D eigenvalue weighted by molar-refractivity contribution is 1.66. The van der Waals surface area contributed by atoms with Gasteiger partial charge in [-0.15, -0.1) is 11.3 Å². The SMILES string of the molecule is C1=CNc2ccsc2C=C1. The Morgan fingerprint density at radius 1 is 1.30 bits per heavy atom. The Morgan fingerprint density at radius 2 is 2.30 bits per heavy atom. The molecule has 2 rings (SSSR count). The second-order valence-corrected chi connectivity index (χ2v) is 3.01. The third-order valence-corrected chi connectivity index (χ3v) is 2.27. The highest BCUT2D eigenvalue weighted by Crippen LogP contribution is 2.24. The summed E-state index contributed by atoms with van der Waals surface area (Å²) in [6.07, 6.45) is 8.08. The number of anilines is 1.